The lowest BCUT2D eigenvalue weighted by atomic mass is 9.90. The van der Waals surface area contributed by atoms with E-state index in [9.17, 15) is 4.39 Å². The number of hydrogen-bond donors (Lipinski definition) is 1. The van der Waals surface area contributed by atoms with Crippen molar-refractivity contribution in [3.63, 3.8) is 0 Å². The van der Waals surface area contributed by atoms with Crippen molar-refractivity contribution in [2.45, 2.75) is 31.9 Å². The van der Waals surface area contributed by atoms with Gasteiger partial charge in [0.05, 0.1) is 0 Å². The van der Waals surface area contributed by atoms with E-state index in [1.165, 1.54) is 12.1 Å². The topological polar surface area (TPSA) is 35.2 Å². The minimum absolute atomic E-state index is 0.172. The maximum Gasteiger partial charge on any atom is 0.126 e. The zero-order valence-corrected chi connectivity index (χ0v) is 8.16. The molecule has 0 atom stereocenters. The largest absolute Gasteiger partial charge is 0.490 e. The van der Waals surface area contributed by atoms with Gasteiger partial charge in [-0.1, -0.05) is 6.07 Å². The Morgan fingerprint density at radius 1 is 1.43 bits per heavy atom. The van der Waals surface area contributed by atoms with E-state index in [2.05, 4.69) is 0 Å². The van der Waals surface area contributed by atoms with Crippen LogP contribution in [0.25, 0.3) is 0 Å². The molecule has 76 valence electrons. The fourth-order valence-electron chi connectivity index (χ4n) is 1.58. The molecule has 3 heteroatoms. The van der Waals surface area contributed by atoms with E-state index in [0.717, 1.165) is 18.4 Å². The van der Waals surface area contributed by atoms with E-state index in [1.54, 1.807) is 6.07 Å². The van der Waals surface area contributed by atoms with Crippen LogP contribution in [-0.2, 0) is 0 Å². The summed E-state index contributed by atoms with van der Waals surface area (Å²) in [5.41, 5.74) is 6.60. The lowest BCUT2D eigenvalue weighted by Gasteiger charge is -2.33. The molecule has 0 spiro atoms. The fraction of sp³-hybridized carbons (Fsp3) is 0.455. The molecule has 1 aromatic rings. The summed E-state index contributed by atoms with van der Waals surface area (Å²) in [6.07, 6.45) is 1.91. The molecular formula is C11H14FNO. The van der Waals surface area contributed by atoms with Crippen molar-refractivity contribution >= 4 is 0 Å². The standard InChI is InChI=1S/C11H14FNO/c1-7-2-3-8(12)4-11(7)14-10-5-9(13)6-10/h2-4,9-10H,5-6,13H2,1H3. The smallest absolute Gasteiger partial charge is 0.126 e. The highest BCUT2D eigenvalue weighted by Gasteiger charge is 2.27. The normalized spacial score (nSPS) is 25.6. The number of rotatable bonds is 2. The third-order valence-corrected chi connectivity index (χ3v) is 2.58. The lowest BCUT2D eigenvalue weighted by molar-refractivity contribution is 0.0997. The van der Waals surface area contributed by atoms with Crippen LogP contribution in [0.4, 0.5) is 4.39 Å². The van der Waals surface area contributed by atoms with Gasteiger partial charge in [0.2, 0.25) is 0 Å². The molecule has 0 saturated heterocycles. The Morgan fingerprint density at radius 3 is 2.79 bits per heavy atom. The van der Waals surface area contributed by atoms with Gasteiger partial charge in [0.25, 0.3) is 0 Å². The van der Waals surface area contributed by atoms with E-state index in [-0.39, 0.29) is 18.0 Å². The molecule has 1 aromatic carbocycles. The monoisotopic (exact) mass is 195 g/mol. The van der Waals surface area contributed by atoms with Crippen LogP contribution in [0.3, 0.4) is 0 Å². The maximum absolute atomic E-state index is 12.9. The molecule has 2 rings (SSSR count). The first kappa shape index (κ1) is 9.46. The molecule has 0 aromatic heterocycles. The van der Waals surface area contributed by atoms with Gasteiger partial charge in [-0.2, -0.15) is 0 Å². The minimum Gasteiger partial charge on any atom is -0.490 e. The fourth-order valence-corrected chi connectivity index (χ4v) is 1.58. The third kappa shape index (κ3) is 1.87. The van der Waals surface area contributed by atoms with Crippen LogP contribution in [0.5, 0.6) is 5.75 Å². The van der Waals surface area contributed by atoms with E-state index < -0.39 is 0 Å². The van der Waals surface area contributed by atoms with E-state index >= 15 is 0 Å². The van der Waals surface area contributed by atoms with Crippen molar-refractivity contribution in [2.24, 2.45) is 5.73 Å². The van der Waals surface area contributed by atoms with E-state index in [0.29, 0.717) is 5.75 Å². The van der Waals surface area contributed by atoms with Crippen molar-refractivity contribution in [1.82, 2.24) is 0 Å². The van der Waals surface area contributed by atoms with Gasteiger partial charge in [-0.3, -0.25) is 0 Å². The molecular weight excluding hydrogens is 181 g/mol. The van der Waals surface area contributed by atoms with E-state index in [4.69, 9.17) is 10.5 Å². The van der Waals surface area contributed by atoms with Crippen molar-refractivity contribution < 1.29 is 9.13 Å². The number of hydrogen-bond acceptors (Lipinski definition) is 2. The maximum atomic E-state index is 12.9. The first-order chi connectivity index (χ1) is 6.65. The summed E-state index contributed by atoms with van der Waals surface area (Å²) in [4.78, 5) is 0. The Balaban J connectivity index is 2.05. The number of ether oxygens (including phenoxy) is 1. The zero-order valence-electron chi connectivity index (χ0n) is 8.16. The van der Waals surface area contributed by atoms with Crippen molar-refractivity contribution in [3.8, 4) is 5.75 Å². The molecule has 1 aliphatic carbocycles. The van der Waals surface area contributed by atoms with Crippen LogP contribution in [0, 0.1) is 12.7 Å². The molecule has 1 aliphatic rings. The molecule has 0 amide bonds. The third-order valence-electron chi connectivity index (χ3n) is 2.58. The van der Waals surface area contributed by atoms with Gasteiger partial charge in [-0.05, 0) is 31.4 Å². The molecule has 0 radical (unpaired) electrons. The van der Waals surface area contributed by atoms with Crippen LogP contribution in [-0.4, -0.2) is 12.1 Å². The highest BCUT2D eigenvalue weighted by atomic mass is 19.1. The van der Waals surface area contributed by atoms with Gasteiger partial charge in [0, 0.05) is 12.1 Å². The van der Waals surface area contributed by atoms with Crippen molar-refractivity contribution in [2.75, 3.05) is 0 Å². The molecule has 0 bridgehead atoms. The summed E-state index contributed by atoms with van der Waals surface area (Å²) in [6.45, 7) is 1.91. The molecule has 0 unspecified atom stereocenters. The summed E-state index contributed by atoms with van der Waals surface area (Å²) < 4.78 is 18.5. The molecule has 1 fully saturated rings. The Kier molecular flexibility index (Phi) is 2.42. The van der Waals surface area contributed by atoms with Crippen LogP contribution >= 0.6 is 0 Å². The van der Waals surface area contributed by atoms with Gasteiger partial charge in [-0.15, -0.1) is 0 Å². The Hall–Kier alpha value is -1.09. The summed E-state index contributed by atoms with van der Waals surface area (Å²) >= 11 is 0. The summed E-state index contributed by atoms with van der Waals surface area (Å²) in [5, 5.41) is 0. The zero-order chi connectivity index (χ0) is 10.1. The molecule has 0 heterocycles. The number of benzene rings is 1. The highest BCUT2D eigenvalue weighted by molar-refractivity contribution is 5.33. The van der Waals surface area contributed by atoms with Gasteiger partial charge < -0.3 is 10.5 Å². The first-order valence-corrected chi connectivity index (χ1v) is 4.83. The van der Waals surface area contributed by atoms with Crippen LogP contribution in [0.15, 0.2) is 18.2 Å². The quantitative estimate of drug-likeness (QED) is 0.783. The second-order valence-corrected chi connectivity index (χ2v) is 3.88. The number of nitrogens with two attached hydrogens (primary N) is 1. The van der Waals surface area contributed by atoms with Crippen molar-refractivity contribution in [1.29, 1.82) is 0 Å². The SMILES string of the molecule is Cc1ccc(F)cc1OC1CC(N)C1. The highest BCUT2D eigenvalue weighted by Crippen LogP contribution is 2.27. The Bertz CT molecular complexity index is 334. The second kappa shape index (κ2) is 3.58. The Labute approximate surface area is 82.9 Å². The number of aryl methyl sites for hydroxylation is 1. The van der Waals surface area contributed by atoms with Crippen LogP contribution in [0.1, 0.15) is 18.4 Å². The minimum atomic E-state index is -0.255. The number of halogens is 1. The van der Waals surface area contributed by atoms with E-state index in [1.807, 2.05) is 6.92 Å². The average molecular weight is 195 g/mol. The van der Waals surface area contributed by atoms with Gasteiger partial charge in [0.15, 0.2) is 0 Å². The van der Waals surface area contributed by atoms with Gasteiger partial charge in [0.1, 0.15) is 17.7 Å². The summed E-state index contributed by atoms with van der Waals surface area (Å²) in [5.74, 6) is 0.385. The summed E-state index contributed by atoms with van der Waals surface area (Å²) in [7, 11) is 0. The molecule has 2 N–H and O–H groups in total. The average Bonchev–Trinajstić information content (AvgIpc) is 2.09. The Morgan fingerprint density at radius 2 is 2.14 bits per heavy atom. The van der Waals surface area contributed by atoms with Gasteiger partial charge >= 0.3 is 0 Å². The van der Waals surface area contributed by atoms with Crippen LogP contribution in [0.2, 0.25) is 0 Å². The van der Waals surface area contributed by atoms with Crippen LogP contribution < -0.4 is 10.5 Å². The first-order valence-electron chi connectivity index (χ1n) is 4.83. The lowest BCUT2D eigenvalue weighted by Crippen LogP contribution is -2.43. The molecule has 14 heavy (non-hydrogen) atoms. The summed E-state index contributed by atoms with van der Waals surface area (Å²) in [6, 6.07) is 4.85. The molecule has 2 nitrogen and oxygen atoms in total. The predicted molar refractivity (Wildman–Crippen MR) is 52.8 cm³/mol. The predicted octanol–water partition coefficient (Wildman–Crippen LogP) is 2.00. The second-order valence-electron chi connectivity index (χ2n) is 3.88. The van der Waals surface area contributed by atoms with Gasteiger partial charge in [-0.25, -0.2) is 4.39 Å². The van der Waals surface area contributed by atoms with Crippen molar-refractivity contribution in [3.05, 3.63) is 29.6 Å². The molecule has 1 saturated carbocycles. The molecule has 0 aliphatic heterocycles.